The molecule has 2 fully saturated rings. The van der Waals surface area contributed by atoms with E-state index in [1.165, 1.54) is 0 Å². The van der Waals surface area contributed by atoms with Gasteiger partial charge >= 0.3 is 6.18 Å². The number of carbonyl (C=O) groups excluding carboxylic acids is 1. The van der Waals surface area contributed by atoms with E-state index in [-0.39, 0.29) is 24.7 Å². The summed E-state index contributed by atoms with van der Waals surface area (Å²) < 4.78 is 38.6. The zero-order chi connectivity index (χ0) is 24.1. The van der Waals surface area contributed by atoms with Crippen molar-refractivity contribution in [2.75, 3.05) is 43.4 Å². The predicted molar refractivity (Wildman–Crippen MR) is 127 cm³/mol. The van der Waals surface area contributed by atoms with Gasteiger partial charge in [0.2, 0.25) is 5.91 Å². The topological polar surface area (TPSA) is 60.5 Å². The molecule has 1 amide bonds. The lowest BCUT2D eigenvalue weighted by molar-refractivity contribution is -0.179. The quantitative estimate of drug-likeness (QED) is 0.642. The second-order valence-electron chi connectivity index (χ2n) is 9.32. The summed E-state index contributed by atoms with van der Waals surface area (Å²) in [6.07, 6.45) is -0.358. The van der Waals surface area contributed by atoms with Crippen molar-refractivity contribution in [3.63, 3.8) is 0 Å². The summed E-state index contributed by atoms with van der Waals surface area (Å²) in [4.78, 5) is 21.0. The molecule has 4 rings (SSSR count). The molecule has 2 saturated heterocycles. The Labute approximate surface area is 198 Å². The maximum Gasteiger partial charge on any atom is 0.391 e. The van der Waals surface area contributed by atoms with Crippen molar-refractivity contribution in [2.24, 2.45) is 11.8 Å². The fraction of sp³-hybridized carbons (Fsp3) is 0.520. The first-order valence-electron chi connectivity index (χ1n) is 11.9. The average Bonchev–Trinajstić information content (AvgIpc) is 2.84. The van der Waals surface area contributed by atoms with Crippen LogP contribution >= 0.6 is 0 Å². The number of rotatable bonds is 6. The Morgan fingerprint density at radius 3 is 2.26 bits per heavy atom. The lowest BCUT2D eigenvalue weighted by Crippen LogP contribution is -2.39. The molecule has 3 heterocycles. The molecule has 0 saturated carbocycles. The van der Waals surface area contributed by atoms with Crippen LogP contribution < -0.4 is 15.5 Å². The van der Waals surface area contributed by atoms with Crippen molar-refractivity contribution in [3.8, 4) is 0 Å². The summed E-state index contributed by atoms with van der Waals surface area (Å²) in [6.45, 7) is 3.19. The summed E-state index contributed by atoms with van der Waals surface area (Å²) in [7, 11) is 2.08. The Kier molecular flexibility index (Phi) is 7.60. The molecule has 0 unspecified atom stereocenters. The Morgan fingerprint density at radius 2 is 1.68 bits per heavy atom. The van der Waals surface area contributed by atoms with Crippen LogP contribution in [0.4, 0.5) is 30.4 Å². The van der Waals surface area contributed by atoms with Gasteiger partial charge in [-0.2, -0.15) is 13.2 Å². The number of alkyl halides is 3. The molecule has 2 aliphatic heterocycles. The van der Waals surface area contributed by atoms with Crippen LogP contribution in [-0.2, 0) is 11.3 Å². The van der Waals surface area contributed by atoms with Crippen LogP contribution in [-0.4, -0.2) is 55.2 Å². The maximum absolute atomic E-state index is 12.9. The summed E-state index contributed by atoms with van der Waals surface area (Å²) in [6, 6.07) is 11.5. The molecule has 34 heavy (non-hydrogen) atoms. The summed E-state index contributed by atoms with van der Waals surface area (Å²) in [5.74, 6) is -0.315. The molecule has 1 aromatic heterocycles. The minimum absolute atomic E-state index is 0.0992. The van der Waals surface area contributed by atoms with Gasteiger partial charge in [-0.25, -0.2) is 4.98 Å². The van der Waals surface area contributed by atoms with Gasteiger partial charge in [-0.05, 0) is 75.6 Å². The number of piperidine rings is 2. The van der Waals surface area contributed by atoms with E-state index in [1.54, 1.807) is 6.20 Å². The van der Waals surface area contributed by atoms with Crippen molar-refractivity contribution in [1.82, 2.24) is 15.2 Å². The number of hydrogen-bond acceptors (Lipinski definition) is 5. The van der Waals surface area contributed by atoms with E-state index < -0.39 is 12.1 Å². The van der Waals surface area contributed by atoms with Crippen molar-refractivity contribution >= 4 is 23.1 Å². The highest BCUT2D eigenvalue weighted by Crippen LogP contribution is 2.35. The van der Waals surface area contributed by atoms with Crippen molar-refractivity contribution in [2.45, 2.75) is 38.4 Å². The van der Waals surface area contributed by atoms with Crippen LogP contribution in [0.15, 0.2) is 42.6 Å². The number of amides is 1. The van der Waals surface area contributed by atoms with Crippen LogP contribution in [0.1, 0.15) is 31.2 Å². The van der Waals surface area contributed by atoms with Crippen molar-refractivity contribution in [1.29, 1.82) is 0 Å². The second-order valence-corrected chi connectivity index (χ2v) is 9.32. The van der Waals surface area contributed by atoms with Crippen LogP contribution in [0.25, 0.3) is 0 Å². The lowest BCUT2D eigenvalue weighted by Gasteiger charge is -2.34. The van der Waals surface area contributed by atoms with Gasteiger partial charge in [0.25, 0.3) is 0 Å². The second kappa shape index (κ2) is 10.6. The number of benzene rings is 1. The Bertz CT molecular complexity index is 933. The fourth-order valence-corrected chi connectivity index (χ4v) is 4.57. The zero-order valence-corrected chi connectivity index (χ0v) is 19.4. The molecule has 0 aliphatic carbocycles. The number of nitrogens with one attached hydrogen (secondary N) is 2. The molecule has 1 aromatic carbocycles. The molecule has 2 aliphatic rings. The van der Waals surface area contributed by atoms with Crippen molar-refractivity contribution < 1.29 is 18.0 Å². The van der Waals surface area contributed by atoms with E-state index in [9.17, 15) is 18.0 Å². The van der Waals surface area contributed by atoms with E-state index in [0.29, 0.717) is 25.5 Å². The number of nitrogens with zero attached hydrogens (tertiary/aromatic N) is 3. The number of anilines is 3. The highest BCUT2D eigenvalue weighted by molar-refractivity contribution is 5.78. The predicted octanol–water partition coefficient (Wildman–Crippen LogP) is 4.56. The number of aromatic nitrogens is 1. The minimum atomic E-state index is -4.11. The van der Waals surface area contributed by atoms with E-state index >= 15 is 0 Å². The number of halogens is 3. The number of likely N-dealkylation sites (tertiary alicyclic amines) is 1. The van der Waals surface area contributed by atoms with E-state index in [1.807, 2.05) is 41.3 Å². The van der Waals surface area contributed by atoms with E-state index in [2.05, 4.69) is 27.6 Å². The van der Waals surface area contributed by atoms with Gasteiger partial charge < -0.3 is 20.4 Å². The largest absolute Gasteiger partial charge is 0.391 e. The highest BCUT2D eigenvalue weighted by Gasteiger charge is 2.41. The monoisotopic (exact) mass is 475 g/mol. The maximum atomic E-state index is 12.9. The van der Waals surface area contributed by atoms with Gasteiger partial charge in [-0.15, -0.1) is 0 Å². The van der Waals surface area contributed by atoms with E-state index in [0.717, 1.165) is 42.9 Å². The minimum Gasteiger partial charge on any atom is -0.370 e. The number of hydrogen-bond donors (Lipinski definition) is 2. The zero-order valence-electron chi connectivity index (χ0n) is 19.4. The average molecular weight is 476 g/mol. The first-order chi connectivity index (χ1) is 16.3. The standard InChI is InChI=1S/C25H32F3N5O/c1-32-12-8-19(9-13-32)24(34)30-16-18-2-4-21(5-3-18)31-23-7-6-22(17-29-23)33-14-10-20(11-15-33)25(26,27)28/h2-7,17,19-20H,8-16H2,1H3,(H,29,31)(H,30,34). The summed E-state index contributed by atoms with van der Waals surface area (Å²) in [5.41, 5.74) is 2.73. The third kappa shape index (κ3) is 6.40. The highest BCUT2D eigenvalue weighted by atomic mass is 19.4. The third-order valence-corrected chi connectivity index (χ3v) is 6.85. The van der Waals surface area contributed by atoms with E-state index in [4.69, 9.17) is 0 Å². The van der Waals surface area contributed by atoms with Crippen LogP contribution in [0.3, 0.4) is 0 Å². The molecule has 2 aromatic rings. The Hall–Kier alpha value is -2.81. The van der Waals surface area contributed by atoms with Crippen molar-refractivity contribution in [3.05, 3.63) is 48.2 Å². The van der Waals surface area contributed by atoms with Gasteiger partial charge in [0.05, 0.1) is 17.8 Å². The summed E-state index contributed by atoms with van der Waals surface area (Å²) >= 11 is 0. The Morgan fingerprint density at radius 1 is 1.00 bits per heavy atom. The molecule has 2 N–H and O–H groups in total. The molecule has 0 atom stereocenters. The molecule has 0 bridgehead atoms. The number of carbonyl (C=O) groups is 1. The molecule has 0 radical (unpaired) electrons. The van der Waals surface area contributed by atoms with Crippen LogP contribution in [0.5, 0.6) is 0 Å². The van der Waals surface area contributed by atoms with Gasteiger partial charge in [-0.3, -0.25) is 4.79 Å². The Balaban J connectivity index is 1.24. The normalized spacial score (nSPS) is 18.6. The number of pyridine rings is 1. The first-order valence-corrected chi connectivity index (χ1v) is 11.9. The fourth-order valence-electron chi connectivity index (χ4n) is 4.57. The molecular formula is C25H32F3N5O. The van der Waals surface area contributed by atoms with Crippen LogP contribution in [0.2, 0.25) is 0 Å². The molecule has 9 heteroatoms. The van der Waals surface area contributed by atoms with Gasteiger partial charge in [0, 0.05) is 31.2 Å². The summed E-state index contributed by atoms with van der Waals surface area (Å²) in [5, 5.41) is 6.28. The van der Waals surface area contributed by atoms with Gasteiger partial charge in [-0.1, -0.05) is 12.1 Å². The molecule has 0 spiro atoms. The lowest BCUT2D eigenvalue weighted by atomic mass is 9.96. The third-order valence-electron chi connectivity index (χ3n) is 6.85. The van der Waals surface area contributed by atoms with Gasteiger partial charge in [0.15, 0.2) is 0 Å². The molecule has 6 nitrogen and oxygen atoms in total. The molecule has 184 valence electrons. The first kappa shape index (κ1) is 24.3. The van der Waals surface area contributed by atoms with Crippen LogP contribution in [0, 0.1) is 11.8 Å². The smallest absolute Gasteiger partial charge is 0.370 e. The van der Waals surface area contributed by atoms with Gasteiger partial charge in [0.1, 0.15) is 5.82 Å². The SMILES string of the molecule is CN1CCC(C(=O)NCc2ccc(Nc3ccc(N4CCC(C(F)(F)F)CC4)cn3)cc2)CC1. The molecular weight excluding hydrogens is 443 g/mol.